The van der Waals surface area contributed by atoms with E-state index in [9.17, 15) is 36.0 Å². The average Bonchev–Trinajstić information content (AvgIpc) is 3.25. The molecular weight excluding hydrogens is 593 g/mol. The van der Waals surface area contributed by atoms with Gasteiger partial charge in [0.15, 0.2) is 6.61 Å². The van der Waals surface area contributed by atoms with Crippen LogP contribution in [-0.4, -0.2) is 75.0 Å². The quantitative estimate of drug-likeness (QED) is 0.447. The van der Waals surface area contributed by atoms with Crippen molar-refractivity contribution in [3.05, 3.63) is 64.6 Å². The number of ether oxygens (including phenoxy) is 2. The Morgan fingerprint density at radius 1 is 1.16 bits per heavy atom. The first-order valence-electron chi connectivity index (χ1n) is 13.0. The summed E-state index contributed by atoms with van der Waals surface area (Å²) in [5.74, 6) is -1.83. The standard InChI is InChI=1S/C28H29F3N4O7S/c1-18-15-22(34(3)24(37)17-41-19(2)36)8-7-20(18)9-14-43(39,40)35-12-10-27(11-13-35)26(38)32-25(33-27)21-5-4-6-23(16-21)42-28(29,30)31/h4-9,14-16H,10-13,17H2,1-3H3,(H,32,33,38). The lowest BCUT2D eigenvalue weighted by atomic mass is 9.89. The van der Waals surface area contributed by atoms with E-state index in [2.05, 4.69) is 15.0 Å². The lowest BCUT2D eigenvalue weighted by Gasteiger charge is -2.34. The van der Waals surface area contributed by atoms with Crippen molar-refractivity contribution in [1.82, 2.24) is 9.62 Å². The number of hydrogen-bond donors (Lipinski definition) is 1. The van der Waals surface area contributed by atoms with E-state index >= 15 is 0 Å². The number of amidine groups is 1. The van der Waals surface area contributed by atoms with Gasteiger partial charge < -0.3 is 19.7 Å². The van der Waals surface area contributed by atoms with Crippen LogP contribution in [0.4, 0.5) is 18.9 Å². The molecule has 0 saturated carbocycles. The van der Waals surface area contributed by atoms with Crippen LogP contribution in [0.15, 0.2) is 52.9 Å². The van der Waals surface area contributed by atoms with Gasteiger partial charge in [-0.15, -0.1) is 13.2 Å². The van der Waals surface area contributed by atoms with Crippen LogP contribution in [0.5, 0.6) is 5.75 Å². The number of nitrogens with zero attached hydrogens (tertiary/aromatic N) is 3. The fourth-order valence-electron chi connectivity index (χ4n) is 4.65. The molecule has 0 aromatic heterocycles. The van der Waals surface area contributed by atoms with Gasteiger partial charge in [0.25, 0.3) is 11.8 Å². The van der Waals surface area contributed by atoms with Gasteiger partial charge >= 0.3 is 12.3 Å². The Kier molecular flexibility index (Phi) is 8.97. The van der Waals surface area contributed by atoms with Crippen molar-refractivity contribution < 1.29 is 45.4 Å². The van der Waals surface area contributed by atoms with Gasteiger partial charge in [0, 0.05) is 43.7 Å². The molecule has 2 aromatic carbocycles. The first kappa shape index (κ1) is 31.7. The van der Waals surface area contributed by atoms with Crippen LogP contribution in [0.3, 0.4) is 0 Å². The maximum absolute atomic E-state index is 13.1. The number of alkyl halides is 3. The normalized spacial score (nSPS) is 17.1. The molecule has 2 aliphatic heterocycles. The van der Waals surface area contributed by atoms with Gasteiger partial charge in [-0.25, -0.2) is 8.42 Å². The molecule has 1 spiro atoms. The Balaban J connectivity index is 1.41. The Hall–Kier alpha value is -4.24. The summed E-state index contributed by atoms with van der Waals surface area (Å²) in [5, 5.41) is 3.67. The van der Waals surface area contributed by atoms with Gasteiger partial charge in [-0.2, -0.15) is 4.31 Å². The first-order chi connectivity index (χ1) is 20.1. The van der Waals surface area contributed by atoms with E-state index in [-0.39, 0.29) is 37.3 Å². The molecular formula is C28H29F3N4O7S. The maximum atomic E-state index is 13.1. The number of carbonyl (C=O) groups is 3. The molecule has 1 fully saturated rings. The third kappa shape index (κ3) is 7.59. The highest BCUT2D eigenvalue weighted by Crippen LogP contribution is 2.33. The van der Waals surface area contributed by atoms with E-state index in [0.29, 0.717) is 16.8 Å². The molecule has 1 saturated heterocycles. The number of amides is 2. The number of aliphatic imine (C=N–C) groups is 1. The van der Waals surface area contributed by atoms with E-state index in [0.717, 1.165) is 17.5 Å². The van der Waals surface area contributed by atoms with Crippen LogP contribution >= 0.6 is 0 Å². The summed E-state index contributed by atoms with van der Waals surface area (Å²) in [6.45, 7) is 2.56. The van der Waals surface area contributed by atoms with Gasteiger partial charge in [0.1, 0.15) is 17.1 Å². The number of halogens is 3. The van der Waals surface area contributed by atoms with Crippen LogP contribution in [0.1, 0.15) is 36.5 Å². The van der Waals surface area contributed by atoms with Crippen LogP contribution in [0, 0.1) is 6.92 Å². The second kappa shape index (κ2) is 12.2. The lowest BCUT2D eigenvalue weighted by Crippen LogP contribution is -2.50. The molecule has 2 amide bonds. The van der Waals surface area contributed by atoms with E-state index in [1.165, 1.54) is 41.4 Å². The van der Waals surface area contributed by atoms with Gasteiger partial charge in [-0.1, -0.05) is 18.2 Å². The van der Waals surface area contributed by atoms with E-state index in [4.69, 9.17) is 4.74 Å². The Labute approximate surface area is 246 Å². The van der Waals surface area contributed by atoms with Crippen molar-refractivity contribution in [2.75, 3.05) is 31.6 Å². The number of sulfonamides is 1. The van der Waals surface area contributed by atoms with Gasteiger partial charge in [-0.05, 0) is 61.2 Å². The lowest BCUT2D eigenvalue weighted by molar-refractivity contribution is -0.274. The van der Waals surface area contributed by atoms with Crippen LogP contribution in [0.2, 0.25) is 0 Å². The summed E-state index contributed by atoms with van der Waals surface area (Å²) in [6.07, 6.45) is -3.28. The highest BCUT2D eigenvalue weighted by atomic mass is 32.2. The number of anilines is 1. The molecule has 11 nitrogen and oxygen atoms in total. The van der Waals surface area contributed by atoms with E-state index in [1.54, 1.807) is 25.1 Å². The van der Waals surface area contributed by atoms with Crippen molar-refractivity contribution >= 4 is 45.4 Å². The Morgan fingerprint density at radius 2 is 1.86 bits per heavy atom. The number of aryl methyl sites for hydroxylation is 1. The molecule has 230 valence electrons. The average molecular weight is 623 g/mol. The largest absolute Gasteiger partial charge is 0.573 e. The van der Waals surface area contributed by atoms with Crippen molar-refractivity contribution in [3.8, 4) is 5.75 Å². The molecule has 2 heterocycles. The zero-order valence-electron chi connectivity index (χ0n) is 23.5. The summed E-state index contributed by atoms with van der Waals surface area (Å²) < 4.78 is 73.9. The number of likely N-dealkylation sites (N-methyl/N-ethyl adjacent to an activating group) is 1. The van der Waals surface area contributed by atoms with E-state index in [1.807, 2.05) is 0 Å². The van der Waals surface area contributed by atoms with Crippen LogP contribution < -0.4 is 15.0 Å². The Morgan fingerprint density at radius 3 is 2.49 bits per heavy atom. The summed E-state index contributed by atoms with van der Waals surface area (Å²) in [4.78, 5) is 41.8. The van der Waals surface area contributed by atoms with Crippen LogP contribution in [-0.2, 0) is 29.1 Å². The summed E-state index contributed by atoms with van der Waals surface area (Å²) in [5.41, 5.74) is 0.819. The van der Waals surface area contributed by atoms with Gasteiger partial charge in [-0.3, -0.25) is 19.4 Å². The molecule has 0 aliphatic carbocycles. The monoisotopic (exact) mass is 622 g/mol. The third-order valence-electron chi connectivity index (χ3n) is 7.06. The fraction of sp³-hybridized carbons (Fsp3) is 0.357. The highest BCUT2D eigenvalue weighted by Gasteiger charge is 2.47. The number of rotatable bonds is 8. The van der Waals surface area contributed by atoms with Crippen molar-refractivity contribution in [3.63, 3.8) is 0 Å². The SMILES string of the molecule is CC(=O)OCC(=O)N(C)c1ccc(C=CS(=O)(=O)N2CCC3(CC2)N=C(c2cccc(OC(F)(F)F)c2)NC3=O)c(C)c1. The molecule has 0 unspecified atom stereocenters. The molecule has 43 heavy (non-hydrogen) atoms. The third-order valence-corrected chi connectivity index (χ3v) is 8.63. The minimum Gasteiger partial charge on any atom is -0.456 e. The van der Waals surface area contributed by atoms with Gasteiger partial charge in [0.05, 0.1) is 0 Å². The molecule has 2 aromatic rings. The zero-order chi connectivity index (χ0) is 31.6. The molecule has 0 radical (unpaired) electrons. The summed E-state index contributed by atoms with van der Waals surface area (Å²) >= 11 is 0. The van der Waals surface area contributed by atoms with Crippen molar-refractivity contribution in [1.29, 1.82) is 0 Å². The van der Waals surface area contributed by atoms with Crippen molar-refractivity contribution in [2.45, 2.75) is 38.6 Å². The second-order valence-electron chi connectivity index (χ2n) is 10.0. The molecule has 2 aliphatic rings. The minimum absolute atomic E-state index is 0.00125. The number of esters is 1. The zero-order valence-corrected chi connectivity index (χ0v) is 24.3. The molecule has 0 bridgehead atoms. The highest BCUT2D eigenvalue weighted by molar-refractivity contribution is 7.92. The second-order valence-corrected chi connectivity index (χ2v) is 11.9. The number of benzene rings is 2. The summed E-state index contributed by atoms with van der Waals surface area (Å²) in [7, 11) is -2.34. The molecule has 15 heteroatoms. The predicted octanol–water partition coefficient (Wildman–Crippen LogP) is 3.13. The number of hydrogen-bond acceptors (Lipinski definition) is 8. The number of carbonyl (C=O) groups excluding carboxylic acids is 3. The molecule has 4 rings (SSSR count). The first-order valence-corrected chi connectivity index (χ1v) is 14.6. The molecule has 1 N–H and O–H groups in total. The molecule has 0 atom stereocenters. The van der Waals surface area contributed by atoms with Crippen LogP contribution in [0.25, 0.3) is 6.08 Å². The number of nitrogens with one attached hydrogen (secondary N) is 1. The minimum atomic E-state index is -4.88. The number of piperidine rings is 1. The Bertz CT molecular complexity index is 1600. The van der Waals surface area contributed by atoms with Gasteiger partial charge in [0.2, 0.25) is 10.0 Å². The summed E-state index contributed by atoms with van der Waals surface area (Å²) in [6, 6.07) is 10.1. The maximum Gasteiger partial charge on any atom is 0.573 e. The topological polar surface area (TPSA) is 135 Å². The smallest absolute Gasteiger partial charge is 0.456 e. The van der Waals surface area contributed by atoms with E-state index < -0.39 is 52.1 Å². The predicted molar refractivity (Wildman–Crippen MR) is 151 cm³/mol. The van der Waals surface area contributed by atoms with Crippen molar-refractivity contribution in [2.24, 2.45) is 4.99 Å². The fourth-order valence-corrected chi connectivity index (χ4v) is 5.83.